The fourth-order valence-corrected chi connectivity index (χ4v) is 2.52. The molecule has 0 spiro atoms. The molecule has 1 atom stereocenters. The van der Waals surface area contributed by atoms with E-state index in [1.54, 1.807) is 31.1 Å². The van der Waals surface area contributed by atoms with E-state index in [0.29, 0.717) is 43.0 Å². The van der Waals surface area contributed by atoms with Crippen molar-refractivity contribution >= 4 is 5.91 Å². The molecular weight excluding hydrogens is 314 g/mol. The molecule has 128 valence electrons. The number of hydrogen-bond acceptors (Lipinski definition) is 7. The van der Waals surface area contributed by atoms with E-state index < -0.39 is 6.04 Å². The number of carbonyl (C=O) groups excluding carboxylic acids is 1. The molecule has 1 fully saturated rings. The van der Waals surface area contributed by atoms with Crippen LogP contribution < -0.4 is 9.47 Å². The van der Waals surface area contributed by atoms with Gasteiger partial charge in [0.25, 0.3) is 11.8 Å². The minimum atomic E-state index is -0.395. The van der Waals surface area contributed by atoms with Crippen molar-refractivity contribution in [3.63, 3.8) is 0 Å². The van der Waals surface area contributed by atoms with Gasteiger partial charge in [-0.25, -0.2) is 0 Å². The number of amides is 1. The molecule has 1 amide bonds. The van der Waals surface area contributed by atoms with Crippen molar-refractivity contribution in [3.8, 4) is 11.5 Å². The highest BCUT2D eigenvalue weighted by Crippen LogP contribution is 2.27. The Morgan fingerprint density at radius 3 is 2.88 bits per heavy atom. The van der Waals surface area contributed by atoms with E-state index in [1.807, 2.05) is 12.1 Å². The molecule has 1 aromatic heterocycles. The van der Waals surface area contributed by atoms with E-state index in [1.165, 1.54) is 0 Å². The zero-order valence-electron chi connectivity index (χ0n) is 13.6. The summed E-state index contributed by atoms with van der Waals surface area (Å²) in [6.45, 7) is 2.85. The fraction of sp³-hybridized carbons (Fsp3) is 0.438. The van der Waals surface area contributed by atoms with Crippen LogP contribution >= 0.6 is 0 Å². The predicted octanol–water partition coefficient (Wildman–Crippen LogP) is 1.37. The van der Waals surface area contributed by atoms with Crippen LogP contribution in [0.15, 0.2) is 28.8 Å². The minimum Gasteiger partial charge on any atom is -0.493 e. The lowest BCUT2D eigenvalue weighted by atomic mass is 10.2. The van der Waals surface area contributed by atoms with Crippen LogP contribution in [-0.2, 0) is 9.53 Å². The van der Waals surface area contributed by atoms with Gasteiger partial charge >= 0.3 is 0 Å². The van der Waals surface area contributed by atoms with Crippen molar-refractivity contribution in [1.82, 2.24) is 15.0 Å². The van der Waals surface area contributed by atoms with E-state index in [-0.39, 0.29) is 12.5 Å². The first-order valence-electron chi connectivity index (χ1n) is 7.62. The highest BCUT2D eigenvalue weighted by molar-refractivity contribution is 5.78. The minimum absolute atomic E-state index is 0.107. The number of rotatable bonds is 5. The van der Waals surface area contributed by atoms with Gasteiger partial charge in [-0.15, -0.1) is 0 Å². The molecule has 2 aromatic rings. The zero-order valence-corrected chi connectivity index (χ0v) is 13.6. The quantitative estimate of drug-likeness (QED) is 0.816. The number of hydrogen-bond donors (Lipinski definition) is 0. The Morgan fingerprint density at radius 1 is 1.38 bits per heavy atom. The van der Waals surface area contributed by atoms with Crippen molar-refractivity contribution in [2.45, 2.75) is 13.0 Å². The van der Waals surface area contributed by atoms with Crippen LogP contribution in [0.25, 0.3) is 0 Å². The fourth-order valence-electron chi connectivity index (χ4n) is 2.52. The highest BCUT2D eigenvalue weighted by Gasteiger charge is 2.32. The molecular formula is C16H19N3O5. The third-order valence-corrected chi connectivity index (χ3v) is 3.70. The van der Waals surface area contributed by atoms with Gasteiger partial charge in [0.05, 0.1) is 20.3 Å². The molecule has 8 heteroatoms. The maximum Gasteiger partial charge on any atom is 0.261 e. The van der Waals surface area contributed by atoms with Gasteiger partial charge in [0, 0.05) is 6.54 Å². The first-order valence-corrected chi connectivity index (χ1v) is 7.62. The lowest BCUT2D eigenvalue weighted by Gasteiger charge is -2.33. The van der Waals surface area contributed by atoms with Gasteiger partial charge < -0.3 is 23.6 Å². The maximum absolute atomic E-state index is 12.6. The Morgan fingerprint density at radius 2 is 2.17 bits per heavy atom. The first kappa shape index (κ1) is 16.3. The molecule has 1 aromatic carbocycles. The first-order chi connectivity index (χ1) is 11.7. The number of ether oxygens (including phenoxy) is 3. The second-order valence-electron chi connectivity index (χ2n) is 5.30. The van der Waals surface area contributed by atoms with Crippen molar-refractivity contribution in [2.75, 3.05) is 33.5 Å². The molecule has 0 N–H and O–H groups in total. The predicted molar refractivity (Wildman–Crippen MR) is 82.8 cm³/mol. The van der Waals surface area contributed by atoms with E-state index in [0.717, 1.165) is 0 Å². The van der Waals surface area contributed by atoms with Gasteiger partial charge in [0.15, 0.2) is 23.9 Å². The molecule has 1 saturated heterocycles. The van der Waals surface area contributed by atoms with Crippen molar-refractivity contribution < 1.29 is 23.5 Å². The maximum atomic E-state index is 12.6. The Hall–Kier alpha value is -2.61. The Balaban J connectivity index is 1.68. The monoisotopic (exact) mass is 333 g/mol. The molecule has 8 nitrogen and oxygen atoms in total. The lowest BCUT2D eigenvalue weighted by Crippen LogP contribution is -2.45. The summed E-state index contributed by atoms with van der Waals surface area (Å²) in [6.07, 6.45) is 0. The largest absolute Gasteiger partial charge is 0.493 e. The van der Waals surface area contributed by atoms with Crippen LogP contribution in [0.4, 0.5) is 0 Å². The summed E-state index contributed by atoms with van der Waals surface area (Å²) >= 11 is 0. The summed E-state index contributed by atoms with van der Waals surface area (Å²) in [5, 5.41) is 3.77. The number of carbonyl (C=O) groups is 1. The standard InChI is InChI=1S/C16H19N3O5/c1-11-17-16(24-18-11)12-9-22-8-7-19(12)15(20)10-23-14-6-4-3-5-13(14)21-2/h3-6,12H,7-10H2,1-2H3/t12-/m1/s1. The number of aryl methyl sites for hydroxylation is 1. The van der Waals surface area contributed by atoms with Gasteiger partial charge in [-0.2, -0.15) is 4.98 Å². The number of methoxy groups -OCH3 is 1. The summed E-state index contributed by atoms with van der Waals surface area (Å²) in [4.78, 5) is 18.4. The van der Waals surface area contributed by atoms with Gasteiger partial charge in [-0.1, -0.05) is 17.3 Å². The average molecular weight is 333 g/mol. The molecule has 0 aliphatic carbocycles. The molecule has 0 unspecified atom stereocenters. The highest BCUT2D eigenvalue weighted by atomic mass is 16.5. The van der Waals surface area contributed by atoms with Crippen molar-refractivity contribution in [3.05, 3.63) is 36.0 Å². The lowest BCUT2D eigenvalue weighted by molar-refractivity contribution is -0.143. The van der Waals surface area contributed by atoms with Crippen LogP contribution in [0, 0.1) is 6.92 Å². The topological polar surface area (TPSA) is 86.9 Å². The van der Waals surface area contributed by atoms with E-state index in [9.17, 15) is 4.79 Å². The average Bonchev–Trinajstić information content (AvgIpc) is 3.06. The second kappa shape index (κ2) is 7.31. The van der Waals surface area contributed by atoms with Crippen molar-refractivity contribution in [1.29, 1.82) is 0 Å². The van der Waals surface area contributed by atoms with Gasteiger partial charge in [0.2, 0.25) is 0 Å². The Bertz CT molecular complexity index is 703. The summed E-state index contributed by atoms with van der Waals surface area (Å²) in [5.74, 6) is 1.82. The molecule has 1 aliphatic heterocycles. The van der Waals surface area contributed by atoms with Gasteiger partial charge in [-0.05, 0) is 19.1 Å². The molecule has 1 aliphatic rings. The summed E-state index contributed by atoms with van der Waals surface area (Å²) in [6, 6.07) is 6.79. The number of morpholine rings is 1. The molecule has 24 heavy (non-hydrogen) atoms. The Labute approximate surface area is 139 Å². The molecule has 0 saturated carbocycles. The second-order valence-corrected chi connectivity index (χ2v) is 5.30. The molecule has 3 rings (SSSR count). The van der Waals surface area contributed by atoms with Crippen LogP contribution in [0.5, 0.6) is 11.5 Å². The number of benzene rings is 1. The van der Waals surface area contributed by atoms with Crippen molar-refractivity contribution in [2.24, 2.45) is 0 Å². The zero-order chi connectivity index (χ0) is 16.9. The summed E-state index contributed by atoms with van der Waals surface area (Å²) < 4.78 is 21.5. The number of para-hydroxylation sites is 2. The van der Waals surface area contributed by atoms with Gasteiger partial charge in [-0.3, -0.25) is 4.79 Å². The summed E-state index contributed by atoms with van der Waals surface area (Å²) in [7, 11) is 1.56. The van der Waals surface area contributed by atoms with Crippen LogP contribution in [0.2, 0.25) is 0 Å². The van der Waals surface area contributed by atoms with E-state index in [2.05, 4.69) is 10.1 Å². The smallest absolute Gasteiger partial charge is 0.261 e. The van der Waals surface area contributed by atoms with Crippen LogP contribution in [-0.4, -0.2) is 54.4 Å². The summed E-state index contributed by atoms with van der Waals surface area (Å²) in [5.41, 5.74) is 0. The normalized spacial score (nSPS) is 17.6. The third-order valence-electron chi connectivity index (χ3n) is 3.70. The molecule has 2 heterocycles. The SMILES string of the molecule is COc1ccccc1OCC(=O)N1CCOC[C@@H]1c1nc(C)no1. The third kappa shape index (κ3) is 3.48. The number of nitrogens with zero attached hydrogens (tertiary/aromatic N) is 3. The van der Waals surface area contributed by atoms with E-state index >= 15 is 0 Å². The van der Waals surface area contributed by atoms with Gasteiger partial charge in [0.1, 0.15) is 6.04 Å². The van der Waals surface area contributed by atoms with E-state index in [4.69, 9.17) is 18.7 Å². The van der Waals surface area contributed by atoms with Crippen LogP contribution in [0.1, 0.15) is 17.8 Å². The molecule has 0 bridgehead atoms. The molecule has 0 radical (unpaired) electrons. The number of aromatic nitrogens is 2. The van der Waals surface area contributed by atoms with Crippen LogP contribution in [0.3, 0.4) is 0 Å². The Kier molecular flexibility index (Phi) is 4.95.